The van der Waals surface area contributed by atoms with Gasteiger partial charge in [-0.05, 0) is 50.3 Å². The molecule has 0 bridgehead atoms. The molecule has 0 saturated carbocycles. The van der Waals surface area contributed by atoms with Crippen LogP contribution >= 0.6 is 0 Å². The summed E-state index contributed by atoms with van der Waals surface area (Å²) in [6.07, 6.45) is 0. The van der Waals surface area contributed by atoms with Gasteiger partial charge in [0.15, 0.2) is 0 Å². The van der Waals surface area contributed by atoms with Crippen LogP contribution in [0.2, 0.25) is 0 Å². The van der Waals surface area contributed by atoms with Crippen LogP contribution in [-0.2, 0) is 15.9 Å². The molecule has 0 amide bonds. The van der Waals surface area contributed by atoms with E-state index in [-0.39, 0.29) is 15.9 Å². The molecule has 2 heterocycles. The number of hydrogen-bond donors (Lipinski definition) is 0. The maximum atomic E-state index is 5.18. The molecule has 0 N–H and O–H groups in total. The fraction of sp³-hybridized carbons (Fsp3) is 0.296. The van der Waals surface area contributed by atoms with Gasteiger partial charge in [-0.2, -0.15) is 0 Å². The summed E-state index contributed by atoms with van der Waals surface area (Å²) in [5.74, 6) is 1.04. The first-order valence-electron chi connectivity index (χ1n) is 11.7. The first kappa shape index (κ1) is 21.2. The van der Waals surface area contributed by atoms with Gasteiger partial charge in [0, 0.05) is 5.56 Å². The average Bonchev–Trinajstić information content (AvgIpc) is 3.07. The Kier molecular flexibility index (Phi) is 4.41. The quantitative estimate of drug-likeness (QED) is 0.457. The molecule has 2 nitrogen and oxygen atoms in total. The number of rotatable bonds is 2. The summed E-state index contributed by atoms with van der Waals surface area (Å²) in [4.78, 5) is 5.18. The van der Waals surface area contributed by atoms with Crippen molar-refractivity contribution in [1.29, 1.82) is 0 Å². The standard InChI is InChI=1S/C27H31B3N2/c1-25(2,28)16-14-19(26(3,4)29)23-20(15-16)27(5,30)18-11-7-6-10-17(18)24-31-21-12-8-9-13-22(21)32(23)24/h6-15H,28-30H2,1-5H3. The molecule has 0 spiro atoms. The molecule has 1 aliphatic rings. The Bertz CT molecular complexity index is 1370. The molecule has 1 atom stereocenters. The van der Waals surface area contributed by atoms with Gasteiger partial charge in [-0.3, -0.25) is 4.57 Å². The van der Waals surface area contributed by atoms with Crippen molar-refractivity contribution in [2.45, 2.75) is 50.6 Å². The highest BCUT2D eigenvalue weighted by atomic mass is 15.1. The van der Waals surface area contributed by atoms with Gasteiger partial charge in [0.2, 0.25) is 0 Å². The third-order valence-corrected chi connectivity index (χ3v) is 7.08. The maximum absolute atomic E-state index is 5.18. The smallest absolute Gasteiger partial charge is 0.146 e. The van der Waals surface area contributed by atoms with Crippen LogP contribution in [0.5, 0.6) is 0 Å². The Hall–Kier alpha value is -2.68. The number of aromatic nitrogens is 2. The summed E-state index contributed by atoms with van der Waals surface area (Å²) >= 11 is 0. The number of fused-ring (bicyclic) bond motifs is 7. The fourth-order valence-electron chi connectivity index (χ4n) is 5.16. The van der Waals surface area contributed by atoms with Crippen LogP contribution < -0.4 is 0 Å². The van der Waals surface area contributed by atoms with E-state index < -0.39 is 0 Å². The zero-order chi connectivity index (χ0) is 23.1. The van der Waals surface area contributed by atoms with E-state index in [1.165, 1.54) is 39.0 Å². The van der Waals surface area contributed by atoms with E-state index in [1.807, 2.05) is 0 Å². The topological polar surface area (TPSA) is 17.8 Å². The minimum atomic E-state index is -0.158. The van der Waals surface area contributed by atoms with Crippen LogP contribution in [0.1, 0.15) is 56.9 Å². The summed E-state index contributed by atoms with van der Waals surface area (Å²) < 4.78 is 2.44. The number of benzene rings is 3. The van der Waals surface area contributed by atoms with E-state index in [0.29, 0.717) is 0 Å². The van der Waals surface area contributed by atoms with Crippen molar-refractivity contribution >= 4 is 34.6 Å². The Balaban J connectivity index is 2.06. The van der Waals surface area contributed by atoms with E-state index in [2.05, 4.69) is 123 Å². The number of hydrogen-bond acceptors (Lipinski definition) is 1. The van der Waals surface area contributed by atoms with E-state index in [9.17, 15) is 0 Å². The van der Waals surface area contributed by atoms with Gasteiger partial charge in [-0.25, -0.2) is 4.98 Å². The predicted molar refractivity (Wildman–Crippen MR) is 145 cm³/mol. The third-order valence-electron chi connectivity index (χ3n) is 7.08. The van der Waals surface area contributed by atoms with Gasteiger partial charge in [0.25, 0.3) is 0 Å². The monoisotopic (exact) mass is 416 g/mol. The van der Waals surface area contributed by atoms with Crippen LogP contribution in [-0.4, -0.2) is 33.1 Å². The van der Waals surface area contributed by atoms with Crippen molar-refractivity contribution < 1.29 is 0 Å². The molecule has 0 radical (unpaired) electrons. The Labute approximate surface area is 194 Å². The van der Waals surface area contributed by atoms with Gasteiger partial charge >= 0.3 is 0 Å². The molecular weight excluding hydrogens is 385 g/mol. The Morgan fingerprint density at radius 3 is 2.19 bits per heavy atom. The van der Waals surface area contributed by atoms with E-state index in [0.717, 1.165) is 11.3 Å². The van der Waals surface area contributed by atoms with Crippen molar-refractivity contribution in [3.05, 3.63) is 82.9 Å². The highest BCUT2D eigenvalue weighted by Gasteiger charge is 2.38. The average molecular weight is 416 g/mol. The van der Waals surface area contributed by atoms with Crippen LogP contribution in [0.4, 0.5) is 0 Å². The maximum Gasteiger partial charge on any atom is 0.146 e. The summed E-state index contributed by atoms with van der Waals surface area (Å²) in [7, 11) is 7.02. The van der Waals surface area contributed by atoms with Crippen LogP contribution in [0.15, 0.2) is 60.7 Å². The molecular formula is C27H31B3N2. The lowest BCUT2D eigenvalue weighted by Crippen LogP contribution is -2.30. The minimum absolute atomic E-state index is 0.0133. The zero-order valence-electron chi connectivity index (χ0n) is 20.7. The molecule has 4 aromatic rings. The van der Waals surface area contributed by atoms with Crippen LogP contribution in [0, 0.1) is 0 Å². The molecule has 3 aromatic carbocycles. The van der Waals surface area contributed by atoms with E-state index >= 15 is 0 Å². The predicted octanol–water partition coefficient (Wildman–Crippen LogP) is 3.64. The zero-order valence-corrected chi connectivity index (χ0v) is 20.7. The summed E-state index contributed by atoms with van der Waals surface area (Å²) in [6, 6.07) is 22.3. The Morgan fingerprint density at radius 1 is 0.844 bits per heavy atom. The molecule has 5 heteroatoms. The van der Waals surface area contributed by atoms with Gasteiger partial charge in [-0.15, -0.1) is 0 Å². The summed E-state index contributed by atoms with van der Waals surface area (Å²) in [5.41, 5.74) is 10.2. The number of para-hydroxylation sites is 2. The first-order valence-corrected chi connectivity index (χ1v) is 11.7. The molecule has 0 saturated heterocycles. The first-order chi connectivity index (χ1) is 14.9. The molecule has 0 fully saturated rings. The minimum Gasteiger partial charge on any atom is -0.292 e. The lowest BCUT2D eigenvalue weighted by atomic mass is 9.56. The second-order valence-electron chi connectivity index (χ2n) is 11.9. The fourth-order valence-corrected chi connectivity index (χ4v) is 5.16. The van der Waals surface area contributed by atoms with Crippen molar-refractivity contribution in [2.75, 3.05) is 0 Å². The third kappa shape index (κ3) is 3.01. The van der Waals surface area contributed by atoms with Crippen LogP contribution in [0.25, 0.3) is 28.1 Å². The number of imidazole rings is 1. The molecule has 32 heavy (non-hydrogen) atoms. The second kappa shape index (κ2) is 6.67. The Morgan fingerprint density at radius 2 is 1.50 bits per heavy atom. The van der Waals surface area contributed by atoms with Gasteiger partial charge in [0.1, 0.15) is 29.4 Å². The normalized spacial score (nSPS) is 18.0. The lowest BCUT2D eigenvalue weighted by molar-refractivity contribution is 0.714. The summed E-state index contributed by atoms with van der Waals surface area (Å²) in [5, 5.41) is -0.105. The molecule has 0 aliphatic carbocycles. The second-order valence-corrected chi connectivity index (χ2v) is 11.9. The molecule has 5 rings (SSSR count). The van der Waals surface area contributed by atoms with Crippen molar-refractivity contribution in [3.8, 4) is 17.1 Å². The highest BCUT2D eigenvalue weighted by Crippen LogP contribution is 2.48. The van der Waals surface area contributed by atoms with Gasteiger partial charge in [-0.1, -0.05) is 83.1 Å². The van der Waals surface area contributed by atoms with Gasteiger partial charge in [0.05, 0.1) is 16.7 Å². The molecule has 1 aliphatic heterocycles. The van der Waals surface area contributed by atoms with Crippen molar-refractivity contribution in [2.24, 2.45) is 0 Å². The van der Waals surface area contributed by atoms with Gasteiger partial charge < -0.3 is 0 Å². The SMILES string of the molecule is BC(C)(C)c1cc(C(B)(C)C)c2c(c1)C(B)(C)c1ccccc1-c1nc3ccccc3n1-2. The lowest BCUT2D eigenvalue weighted by Gasteiger charge is -2.35. The van der Waals surface area contributed by atoms with E-state index in [4.69, 9.17) is 4.98 Å². The number of nitrogens with zero attached hydrogens (tertiary/aromatic N) is 2. The highest BCUT2D eigenvalue weighted by molar-refractivity contribution is 6.20. The summed E-state index contributed by atoms with van der Waals surface area (Å²) in [6.45, 7) is 11.7. The van der Waals surface area contributed by atoms with Crippen molar-refractivity contribution in [3.63, 3.8) is 0 Å². The van der Waals surface area contributed by atoms with Crippen molar-refractivity contribution in [1.82, 2.24) is 9.55 Å². The van der Waals surface area contributed by atoms with E-state index in [1.54, 1.807) is 0 Å². The molecule has 1 unspecified atom stereocenters. The largest absolute Gasteiger partial charge is 0.292 e. The molecule has 1 aromatic heterocycles. The molecule has 158 valence electrons. The van der Waals surface area contributed by atoms with Crippen LogP contribution in [0.3, 0.4) is 0 Å².